The van der Waals surface area contributed by atoms with Crippen molar-refractivity contribution in [2.24, 2.45) is 0 Å². The normalized spacial score (nSPS) is 12.3. The van der Waals surface area contributed by atoms with E-state index in [-0.39, 0.29) is 33.9 Å². The van der Waals surface area contributed by atoms with E-state index in [1.807, 2.05) is 0 Å². The zero-order valence-corrected chi connectivity index (χ0v) is 13.1. The van der Waals surface area contributed by atoms with E-state index in [0.717, 1.165) is 6.07 Å². The Kier molecular flexibility index (Phi) is 3.60. The average molecular weight is 344 g/mol. The topological polar surface area (TPSA) is 130 Å². The molecular weight excluding hydrogens is 332 g/mol. The second-order valence-electron chi connectivity index (χ2n) is 5.47. The fraction of sp³-hybridized carbons (Fsp3) is 0.118. The van der Waals surface area contributed by atoms with Gasteiger partial charge in [0.15, 0.2) is 23.5 Å². The minimum Gasteiger partial charge on any atom is -0.507 e. The molecule has 25 heavy (non-hydrogen) atoms. The molecule has 0 saturated carbocycles. The largest absolute Gasteiger partial charge is 0.507 e. The van der Waals surface area contributed by atoms with Gasteiger partial charge in [0.25, 0.3) is 0 Å². The molecule has 0 radical (unpaired) electrons. The van der Waals surface area contributed by atoms with Crippen LogP contribution >= 0.6 is 0 Å². The lowest BCUT2D eigenvalue weighted by Gasteiger charge is -2.15. The Hall–Kier alpha value is -3.55. The number of fused-ring (bicyclic) bond motifs is 2. The lowest BCUT2D eigenvalue weighted by atomic mass is 10.0. The zero-order chi connectivity index (χ0) is 18.5. The molecule has 0 aliphatic carbocycles. The average Bonchev–Trinajstić information content (AvgIpc) is 2.63. The smallest absolute Gasteiger partial charge is 0.347 e. The molecule has 8 nitrogen and oxygen atoms in total. The fourth-order valence-corrected chi connectivity index (χ4v) is 2.74. The van der Waals surface area contributed by atoms with Gasteiger partial charge in [0.2, 0.25) is 0 Å². The zero-order valence-electron chi connectivity index (χ0n) is 13.1. The van der Waals surface area contributed by atoms with Crippen LogP contribution in [-0.4, -0.2) is 33.5 Å². The highest BCUT2D eigenvalue weighted by Crippen LogP contribution is 2.47. The van der Waals surface area contributed by atoms with Gasteiger partial charge in [0.05, 0.1) is 5.56 Å². The van der Waals surface area contributed by atoms with Crippen LogP contribution in [0.3, 0.4) is 0 Å². The Balaban J connectivity index is 2.36. The standard InChI is InChI=1S/C17H12O8/c1-6-3-9(19)8(5-18)15-12(6)17(23)24-11-4-10(20)13(16(21)22)7(2)14(11)25-15/h3-5,19-20H,1-2H3,(H,21,22). The second kappa shape index (κ2) is 5.52. The molecule has 8 heteroatoms. The Morgan fingerprint density at radius 1 is 1.08 bits per heavy atom. The van der Waals surface area contributed by atoms with Gasteiger partial charge in [0.1, 0.15) is 22.6 Å². The molecule has 0 amide bonds. The van der Waals surface area contributed by atoms with E-state index in [4.69, 9.17) is 9.47 Å². The molecule has 0 spiro atoms. The number of aryl methyl sites for hydroxylation is 1. The first-order chi connectivity index (χ1) is 11.8. The number of aromatic hydroxyl groups is 2. The van der Waals surface area contributed by atoms with E-state index >= 15 is 0 Å². The number of hydrogen-bond acceptors (Lipinski definition) is 7. The van der Waals surface area contributed by atoms with E-state index in [1.165, 1.54) is 19.9 Å². The lowest BCUT2D eigenvalue weighted by Crippen LogP contribution is -2.10. The molecule has 3 rings (SSSR count). The summed E-state index contributed by atoms with van der Waals surface area (Å²) in [6.45, 7) is 2.87. The Bertz CT molecular complexity index is 958. The molecule has 0 aromatic heterocycles. The van der Waals surface area contributed by atoms with Crippen LogP contribution in [0, 0.1) is 13.8 Å². The highest BCUT2D eigenvalue weighted by molar-refractivity contribution is 6.02. The maximum absolute atomic E-state index is 12.4. The molecule has 0 unspecified atom stereocenters. The number of hydrogen-bond donors (Lipinski definition) is 3. The second-order valence-corrected chi connectivity index (χ2v) is 5.47. The van der Waals surface area contributed by atoms with Crippen molar-refractivity contribution >= 4 is 18.2 Å². The highest BCUT2D eigenvalue weighted by Gasteiger charge is 2.32. The van der Waals surface area contributed by atoms with Crippen molar-refractivity contribution in [2.45, 2.75) is 13.8 Å². The minimum absolute atomic E-state index is 0.000921. The van der Waals surface area contributed by atoms with Gasteiger partial charge in [-0.05, 0) is 25.5 Å². The quantitative estimate of drug-likeness (QED) is 0.430. The van der Waals surface area contributed by atoms with Crippen LogP contribution in [0.4, 0.5) is 0 Å². The van der Waals surface area contributed by atoms with Crippen LogP contribution in [0.15, 0.2) is 12.1 Å². The molecule has 1 heterocycles. The van der Waals surface area contributed by atoms with Crippen molar-refractivity contribution in [3.63, 3.8) is 0 Å². The number of benzene rings is 2. The predicted octanol–water partition coefficient (Wildman–Crippen LogP) is 2.55. The molecule has 2 aromatic carbocycles. The van der Waals surface area contributed by atoms with Gasteiger partial charge in [-0.15, -0.1) is 0 Å². The third kappa shape index (κ3) is 2.35. The lowest BCUT2D eigenvalue weighted by molar-refractivity contribution is 0.0691. The molecule has 2 aromatic rings. The summed E-state index contributed by atoms with van der Waals surface area (Å²) in [6, 6.07) is 2.17. The monoisotopic (exact) mass is 344 g/mol. The maximum Gasteiger partial charge on any atom is 0.347 e. The number of esters is 1. The number of aromatic carboxylic acids is 1. The van der Waals surface area contributed by atoms with Crippen molar-refractivity contribution in [2.75, 3.05) is 0 Å². The number of ether oxygens (including phenoxy) is 2. The van der Waals surface area contributed by atoms with Crippen LogP contribution in [0.5, 0.6) is 28.7 Å². The van der Waals surface area contributed by atoms with Gasteiger partial charge < -0.3 is 24.8 Å². The third-order valence-corrected chi connectivity index (χ3v) is 3.90. The van der Waals surface area contributed by atoms with E-state index in [0.29, 0.717) is 11.8 Å². The van der Waals surface area contributed by atoms with E-state index in [2.05, 4.69) is 0 Å². The molecule has 0 bridgehead atoms. The van der Waals surface area contributed by atoms with Crippen LogP contribution in [0.1, 0.15) is 42.2 Å². The van der Waals surface area contributed by atoms with E-state index < -0.39 is 29.0 Å². The van der Waals surface area contributed by atoms with Gasteiger partial charge in [-0.1, -0.05) is 0 Å². The van der Waals surface area contributed by atoms with Gasteiger partial charge in [0, 0.05) is 11.6 Å². The SMILES string of the molecule is Cc1cc(O)c(C=O)c2c1C(=O)Oc1cc(O)c(C(=O)O)c(C)c1O2. The Morgan fingerprint density at radius 2 is 1.76 bits per heavy atom. The van der Waals surface area contributed by atoms with E-state index in [1.54, 1.807) is 0 Å². The number of carbonyl (C=O) groups excluding carboxylic acids is 2. The van der Waals surface area contributed by atoms with Crippen LogP contribution < -0.4 is 9.47 Å². The summed E-state index contributed by atoms with van der Waals surface area (Å²) < 4.78 is 10.8. The number of aldehydes is 1. The predicted molar refractivity (Wildman–Crippen MR) is 83.1 cm³/mol. The molecule has 0 saturated heterocycles. The van der Waals surface area contributed by atoms with Crippen molar-refractivity contribution in [3.8, 4) is 28.7 Å². The summed E-state index contributed by atoms with van der Waals surface area (Å²) in [6.07, 6.45) is 0.319. The minimum atomic E-state index is -1.40. The summed E-state index contributed by atoms with van der Waals surface area (Å²) in [5, 5.41) is 29.1. The summed E-state index contributed by atoms with van der Waals surface area (Å²) in [5.74, 6) is -3.83. The maximum atomic E-state index is 12.4. The van der Waals surface area contributed by atoms with Crippen molar-refractivity contribution in [1.82, 2.24) is 0 Å². The first-order valence-electron chi connectivity index (χ1n) is 7.07. The van der Waals surface area contributed by atoms with Crippen LogP contribution in [0.2, 0.25) is 0 Å². The van der Waals surface area contributed by atoms with Crippen molar-refractivity contribution in [1.29, 1.82) is 0 Å². The Labute approximate surface area is 140 Å². The first kappa shape index (κ1) is 16.3. The molecule has 0 atom stereocenters. The number of rotatable bonds is 2. The summed E-state index contributed by atoms with van der Waals surface area (Å²) in [7, 11) is 0. The van der Waals surface area contributed by atoms with Crippen molar-refractivity contribution < 1.29 is 39.2 Å². The molecular formula is C17H12O8. The van der Waals surface area contributed by atoms with Gasteiger partial charge in [-0.25, -0.2) is 9.59 Å². The number of phenolic OH excluding ortho intramolecular Hbond substituents is 1. The highest BCUT2D eigenvalue weighted by atomic mass is 16.6. The van der Waals surface area contributed by atoms with Crippen molar-refractivity contribution in [3.05, 3.63) is 39.9 Å². The molecule has 3 N–H and O–H groups in total. The first-order valence-corrected chi connectivity index (χ1v) is 7.07. The molecule has 1 aliphatic heterocycles. The van der Waals surface area contributed by atoms with Gasteiger partial charge in [-0.2, -0.15) is 0 Å². The molecule has 0 fully saturated rings. The number of carbonyl (C=O) groups is 3. The molecule has 1 aliphatic rings. The number of phenols is 2. The summed E-state index contributed by atoms with van der Waals surface area (Å²) in [5.41, 5.74) is -0.471. The van der Waals surface area contributed by atoms with E-state index in [9.17, 15) is 29.7 Å². The fourth-order valence-electron chi connectivity index (χ4n) is 2.74. The van der Waals surface area contributed by atoms with Crippen LogP contribution in [-0.2, 0) is 0 Å². The number of carboxylic acids is 1. The van der Waals surface area contributed by atoms with Gasteiger partial charge >= 0.3 is 11.9 Å². The molecule has 128 valence electrons. The summed E-state index contributed by atoms with van der Waals surface area (Å²) >= 11 is 0. The van der Waals surface area contributed by atoms with Gasteiger partial charge in [-0.3, -0.25) is 4.79 Å². The third-order valence-electron chi connectivity index (χ3n) is 3.90. The number of carboxylic acid groups (broad SMARTS) is 1. The van der Waals surface area contributed by atoms with Crippen LogP contribution in [0.25, 0.3) is 0 Å². The summed E-state index contributed by atoms with van der Waals surface area (Å²) in [4.78, 5) is 35.1. The Morgan fingerprint density at radius 3 is 2.36 bits per heavy atom.